The summed E-state index contributed by atoms with van der Waals surface area (Å²) in [5, 5.41) is 3.09. The Morgan fingerprint density at radius 1 is 1.26 bits per heavy atom. The molecule has 1 aromatic carbocycles. The molecular formula is C21H30F3N3O4. The second kappa shape index (κ2) is 9.86. The molecule has 1 heterocycles. The quantitative estimate of drug-likeness (QED) is 0.492. The first-order valence-corrected chi connectivity index (χ1v) is 10.1. The molecule has 10 heteroatoms. The van der Waals surface area contributed by atoms with Crippen molar-refractivity contribution in [2.75, 3.05) is 32.0 Å². The number of nitrogens with zero attached hydrogens (tertiary/aromatic N) is 1. The van der Waals surface area contributed by atoms with E-state index in [0.29, 0.717) is 19.5 Å². The second-order valence-electron chi connectivity index (χ2n) is 8.50. The highest BCUT2D eigenvalue weighted by Crippen LogP contribution is 2.35. The molecule has 1 fully saturated rings. The lowest BCUT2D eigenvalue weighted by molar-refractivity contribution is -0.153. The van der Waals surface area contributed by atoms with Crippen LogP contribution in [-0.4, -0.2) is 54.7 Å². The third-order valence-corrected chi connectivity index (χ3v) is 4.70. The van der Waals surface area contributed by atoms with Crippen molar-refractivity contribution in [2.24, 2.45) is 0 Å². The first-order chi connectivity index (χ1) is 14.3. The number of likely N-dealkylation sites (tertiary alicyclic amines) is 1. The lowest BCUT2D eigenvalue weighted by Gasteiger charge is -2.22. The Hall–Kier alpha value is -2.33. The number of nitrogens with one attached hydrogen (secondary N) is 1. The van der Waals surface area contributed by atoms with Crippen LogP contribution in [-0.2, 0) is 27.0 Å². The van der Waals surface area contributed by atoms with Crippen molar-refractivity contribution in [3.05, 3.63) is 28.8 Å². The standard InChI is InChI=1S/C21H30F3N3O4/c1-5-30-19(29)15-9-16(21(22,23)24)13(8-17(15)25)11-27-7-6-14(12-27)26-10-18(28)31-20(2,3)4/h8-9,14,26H,5-7,10-12,25H2,1-4H3/t14-/m1/s1. The first-order valence-electron chi connectivity index (χ1n) is 10.1. The van der Waals surface area contributed by atoms with Crippen molar-refractivity contribution in [2.45, 2.75) is 58.5 Å². The van der Waals surface area contributed by atoms with E-state index in [1.165, 1.54) is 6.07 Å². The van der Waals surface area contributed by atoms with Gasteiger partial charge in [-0.2, -0.15) is 13.2 Å². The fourth-order valence-electron chi connectivity index (χ4n) is 3.43. The van der Waals surface area contributed by atoms with E-state index < -0.39 is 23.3 Å². The van der Waals surface area contributed by atoms with Gasteiger partial charge in [-0.05, 0) is 51.8 Å². The van der Waals surface area contributed by atoms with E-state index in [1.807, 2.05) is 4.90 Å². The van der Waals surface area contributed by atoms with Crippen LogP contribution in [0.4, 0.5) is 18.9 Å². The van der Waals surface area contributed by atoms with Gasteiger partial charge in [-0.15, -0.1) is 0 Å². The molecule has 1 saturated heterocycles. The Morgan fingerprint density at radius 3 is 2.52 bits per heavy atom. The van der Waals surface area contributed by atoms with Crippen molar-refractivity contribution < 1.29 is 32.2 Å². The van der Waals surface area contributed by atoms with Gasteiger partial charge in [0.2, 0.25) is 0 Å². The second-order valence-corrected chi connectivity index (χ2v) is 8.50. The molecule has 1 aliphatic heterocycles. The molecule has 0 bridgehead atoms. The Balaban J connectivity index is 2.06. The summed E-state index contributed by atoms with van der Waals surface area (Å²) in [6.07, 6.45) is -3.96. The minimum atomic E-state index is -4.64. The number of hydrogen-bond acceptors (Lipinski definition) is 7. The minimum Gasteiger partial charge on any atom is -0.462 e. The minimum absolute atomic E-state index is 0.00848. The fourth-order valence-corrected chi connectivity index (χ4v) is 3.43. The summed E-state index contributed by atoms with van der Waals surface area (Å²) in [7, 11) is 0. The number of rotatable bonds is 7. The smallest absolute Gasteiger partial charge is 0.416 e. The maximum Gasteiger partial charge on any atom is 0.416 e. The highest BCUT2D eigenvalue weighted by molar-refractivity contribution is 5.95. The van der Waals surface area contributed by atoms with Crippen LogP contribution in [0.2, 0.25) is 0 Å². The number of carbonyl (C=O) groups is 2. The molecule has 3 N–H and O–H groups in total. The van der Waals surface area contributed by atoms with Gasteiger partial charge in [0.15, 0.2) is 0 Å². The van der Waals surface area contributed by atoms with Crippen LogP contribution < -0.4 is 11.1 Å². The number of halogens is 3. The molecule has 31 heavy (non-hydrogen) atoms. The molecule has 0 radical (unpaired) electrons. The van der Waals surface area contributed by atoms with E-state index in [1.54, 1.807) is 27.7 Å². The zero-order valence-electron chi connectivity index (χ0n) is 18.3. The molecule has 0 saturated carbocycles. The lowest BCUT2D eigenvalue weighted by atomic mass is 10.0. The number of anilines is 1. The molecular weight excluding hydrogens is 415 g/mol. The van der Waals surface area contributed by atoms with Crippen molar-refractivity contribution in [3.63, 3.8) is 0 Å². The van der Waals surface area contributed by atoms with Gasteiger partial charge in [0.1, 0.15) is 5.60 Å². The average Bonchev–Trinajstić information content (AvgIpc) is 3.05. The molecule has 0 amide bonds. The van der Waals surface area contributed by atoms with Crippen molar-refractivity contribution in [3.8, 4) is 0 Å². The van der Waals surface area contributed by atoms with Gasteiger partial charge >= 0.3 is 18.1 Å². The van der Waals surface area contributed by atoms with Gasteiger partial charge in [0.05, 0.1) is 24.3 Å². The Labute approximate surface area is 180 Å². The summed E-state index contributed by atoms with van der Waals surface area (Å²) >= 11 is 0. The number of carbonyl (C=O) groups excluding carboxylic acids is 2. The van der Waals surface area contributed by atoms with Crippen LogP contribution in [0.25, 0.3) is 0 Å². The summed E-state index contributed by atoms with van der Waals surface area (Å²) in [5.74, 6) is -1.27. The van der Waals surface area contributed by atoms with Crippen molar-refractivity contribution in [1.29, 1.82) is 0 Å². The van der Waals surface area contributed by atoms with Gasteiger partial charge in [0, 0.05) is 31.4 Å². The van der Waals surface area contributed by atoms with Gasteiger partial charge in [-0.25, -0.2) is 4.79 Å². The van der Waals surface area contributed by atoms with E-state index in [2.05, 4.69) is 5.32 Å². The lowest BCUT2D eigenvalue weighted by Crippen LogP contribution is -2.38. The summed E-state index contributed by atoms with van der Waals surface area (Å²) in [6, 6.07) is 1.91. The normalized spacial score (nSPS) is 17.6. The van der Waals surface area contributed by atoms with Crippen LogP contribution in [0.1, 0.15) is 55.6 Å². The maximum absolute atomic E-state index is 13.6. The van der Waals surface area contributed by atoms with E-state index in [4.69, 9.17) is 15.2 Å². The van der Waals surface area contributed by atoms with Crippen molar-refractivity contribution >= 4 is 17.6 Å². The number of nitrogen functional groups attached to an aromatic ring is 1. The van der Waals surface area contributed by atoms with E-state index in [0.717, 1.165) is 6.07 Å². The first kappa shape index (κ1) is 24.9. The topological polar surface area (TPSA) is 93.9 Å². The third kappa shape index (κ3) is 7.39. The molecule has 0 aliphatic carbocycles. The van der Waals surface area contributed by atoms with Gasteiger partial charge in [0.25, 0.3) is 0 Å². The Kier molecular flexibility index (Phi) is 7.93. The number of hydrogen-bond donors (Lipinski definition) is 2. The van der Waals surface area contributed by atoms with E-state index >= 15 is 0 Å². The Morgan fingerprint density at radius 2 is 1.94 bits per heavy atom. The SMILES string of the molecule is CCOC(=O)c1cc(C(F)(F)F)c(CN2CC[C@@H](NCC(=O)OC(C)(C)C)C2)cc1N. The summed E-state index contributed by atoms with van der Waals surface area (Å²) in [4.78, 5) is 25.6. The van der Waals surface area contributed by atoms with Gasteiger partial charge in [-0.1, -0.05) is 0 Å². The molecule has 0 unspecified atom stereocenters. The van der Waals surface area contributed by atoms with Gasteiger partial charge in [-0.3, -0.25) is 9.69 Å². The molecule has 0 spiro atoms. The molecule has 1 atom stereocenters. The summed E-state index contributed by atoms with van der Waals surface area (Å²) in [5.41, 5.74) is 4.00. The molecule has 2 rings (SSSR count). The van der Waals surface area contributed by atoms with Gasteiger partial charge < -0.3 is 20.5 Å². The largest absolute Gasteiger partial charge is 0.462 e. The molecule has 174 valence electrons. The van der Waals surface area contributed by atoms with Crippen LogP contribution in [0.5, 0.6) is 0 Å². The number of alkyl halides is 3. The highest BCUT2D eigenvalue weighted by atomic mass is 19.4. The maximum atomic E-state index is 13.6. The fraction of sp³-hybridized carbons (Fsp3) is 0.619. The number of ether oxygens (including phenoxy) is 2. The molecule has 1 aliphatic rings. The van der Waals surface area contributed by atoms with Crippen LogP contribution in [0.3, 0.4) is 0 Å². The zero-order chi connectivity index (χ0) is 23.4. The number of esters is 2. The monoisotopic (exact) mass is 445 g/mol. The third-order valence-electron chi connectivity index (χ3n) is 4.70. The summed E-state index contributed by atoms with van der Waals surface area (Å²) in [6.45, 7) is 8.01. The molecule has 1 aromatic rings. The number of benzene rings is 1. The van der Waals surface area contributed by atoms with Crippen molar-refractivity contribution in [1.82, 2.24) is 10.2 Å². The van der Waals surface area contributed by atoms with Crippen LogP contribution >= 0.6 is 0 Å². The highest BCUT2D eigenvalue weighted by Gasteiger charge is 2.36. The molecule has 7 nitrogen and oxygen atoms in total. The van der Waals surface area contributed by atoms with Crippen LogP contribution in [0.15, 0.2) is 12.1 Å². The predicted molar refractivity (Wildman–Crippen MR) is 109 cm³/mol. The summed E-state index contributed by atoms with van der Waals surface area (Å²) < 4.78 is 50.9. The van der Waals surface area contributed by atoms with E-state index in [-0.39, 0.29) is 48.5 Å². The zero-order valence-corrected chi connectivity index (χ0v) is 18.3. The van der Waals surface area contributed by atoms with E-state index in [9.17, 15) is 22.8 Å². The average molecular weight is 445 g/mol. The Bertz CT molecular complexity index is 806. The van der Waals surface area contributed by atoms with Crippen LogP contribution in [0, 0.1) is 0 Å². The predicted octanol–water partition coefficient (Wildman–Crippen LogP) is 2.97. The molecule has 0 aromatic heterocycles. The number of nitrogens with two attached hydrogens (primary N) is 1.